The van der Waals surface area contributed by atoms with Crippen LogP contribution in [0.15, 0.2) is 167 Å². The number of rotatable bonds is 10. The van der Waals surface area contributed by atoms with Crippen LogP contribution in [-0.2, 0) is 51.2 Å². The number of allylic oxidation sites excluding steroid dienone is 10. The maximum Gasteiger partial charge on any atom is 2.00 e. The summed E-state index contributed by atoms with van der Waals surface area (Å²) < 4.78 is 53.7. The molecule has 6 rings (SSSR count). The molecule has 2 aromatic heterocycles. The van der Waals surface area contributed by atoms with Crippen molar-refractivity contribution in [3.63, 3.8) is 0 Å². The normalized spacial score (nSPS) is 14.4. The van der Waals surface area contributed by atoms with Gasteiger partial charge in [-0.2, -0.15) is 0 Å². The molecule has 2 aromatic carbocycles. The smallest absolute Gasteiger partial charge is 0.550 e. The van der Waals surface area contributed by atoms with Crippen LogP contribution in [0.4, 0.5) is 23.3 Å². The Hall–Kier alpha value is -6.54. The number of hydrogen-bond donors (Lipinski definition) is 4. The van der Waals surface area contributed by atoms with Crippen LogP contribution in [0.25, 0.3) is 0 Å². The van der Waals surface area contributed by atoms with Gasteiger partial charge >= 0.3 is 16.8 Å². The van der Waals surface area contributed by atoms with Gasteiger partial charge in [0.2, 0.25) is 11.9 Å². The number of carbonyl (C=O) groups excluding carboxylic acids is 3. The number of benzene rings is 2. The minimum atomic E-state index is -3.77. The van der Waals surface area contributed by atoms with E-state index in [0.29, 0.717) is 22.5 Å². The van der Waals surface area contributed by atoms with Gasteiger partial charge in [0.05, 0.1) is 9.79 Å². The number of carbonyl (C=O) groups is 3. The second-order valence-corrected chi connectivity index (χ2v) is 13.9. The predicted molar refractivity (Wildman–Crippen MR) is 199 cm³/mol. The van der Waals surface area contributed by atoms with Crippen molar-refractivity contribution in [2.45, 2.75) is 16.7 Å². The van der Waals surface area contributed by atoms with E-state index in [4.69, 9.17) is 9.90 Å². The summed E-state index contributed by atoms with van der Waals surface area (Å²) in [5.74, 6) is -1.27. The number of carboxylic acids is 1. The SMILES string of the molecule is CC(=O)[O-].O=C1C=CC=C/C1=C/Nc1ccc(S(=O)(=O)Nc2ncccn2)cc1.O=C1C=CC=C/C1=C/Nc1ccc(S(=O)(=O)Nc2ncccn2)cc1.[Co+2]. The van der Waals surface area contributed by atoms with Crippen molar-refractivity contribution in [3.05, 3.63) is 158 Å². The van der Waals surface area contributed by atoms with Crippen LogP contribution in [0.3, 0.4) is 0 Å². The number of carboxylic acid groups (broad SMARTS) is 1. The molecule has 0 saturated carbocycles. The van der Waals surface area contributed by atoms with E-state index in [1.807, 2.05) is 0 Å². The van der Waals surface area contributed by atoms with Crippen LogP contribution in [0.2, 0.25) is 0 Å². The number of nitrogens with zero attached hydrogens (tertiary/aromatic N) is 4. The van der Waals surface area contributed by atoms with Gasteiger partial charge in [0.25, 0.3) is 20.0 Å². The Balaban J connectivity index is 0.000000265. The van der Waals surface area contributed by atoms with Gasteiger partial charge in [-0.3, -0.25) is 9.59 Å². The molecule has 2 aliphatic rings. The Bertz CT molecular complexity index is 2200. The van der Waals surface area contributed by atoms with Gasteiger partial charge in [-0.25, -0.2) is 46.2 Å². The van der Waals surface area contributed by atoms with E-state index < -0.39 is 26.0 Å². The zero-order valence-corrected chi connectivity index (χ0v) is 31.2. The molecule has 0 unspecified atom stereocenters. The molecular formula is C36H31CoN8O8S2+. The second-order valence-electron chi connectivity index (χ2n) is 10.5. The first kappa shape index (κ1) is 42.9. The zero-order chi connectivity index (χ0) is 39.0. The van der Waals surface area contributed by atoms with E-state index in [0.717, 1.165) is 6.92 Å². The van der Waals surface area contributed by atoms with Crippen LogP contribution >= 0.6 is 0 Å². The summed E-state index contributed by atoms with van der Waals surface area (Å²) in [4.78, 5) is 47.6. The third-order valence-corrected chi connectivity index (χ3v) is 9.23. The Morgan fingerprint density at radius 1 is 0.582 bits per heavy atom. The predicted octanol–water partition coefficient (Wildman–Crippen LogP) is 3.29. The summed E-state index contributed by atoms with van der Waals surface area (Å²) in [7, 11) is -7.53. The summed E-state index contributed by atoms with van der Waals surface area (Å²) in [5.41, 5.74) is 2.33. The van der Waals surface area contributed by atoms with E-state index in [1.54, 1.807) is 85.3 Å². The molecule has 0 fully saturated rings. The van der Waals surface area contributed by atoms with Crippen molar-refractivity contribution in [2.24, 2.45) is 0 Å². The van der Waals surface area contributed by atoms with E-state index in [-0.39, 0.29) is 50.0 Å². The van der Waals surface area contributed by atoms with Crippen LogP contribution < -0.4 is 25.2 Å². The number of ketones is 2. The first-order chi connectivity index (χ1) is 25.8. The molecule has 16 nitrogen and oxygen atoms in total. The summed E-state index contributed by atoms with van der Waals surface area (Å²) in [6.45, 7) is 0.972. The quantitative estimate of drug-likeness (QED) is 0.168. The van der Waals surface area contributed by atoms with Crippen molar-refractivity contribution in [3.8, 4) is 0 Å². The third kappa shape index (κ3) is 14.1. The molecule has 1 radical (unpaired) electrons. The standard InChI is InChI=1S/2C17H14N4O3S.C2H4O2.Co/c2*22-16-5-2-1-4-13(16)12-20-14-6-8-15(9-7-14)25(23,24)21-17-18-10-3-11-19-17;1-2(3)4;/h2*1-12,20H,(H,18,19,21);1H3,(H,3,4);/q;;;+2/p-1/b2*13-12-;;. The molecule has 0 saturated heterocycles. The van der Waals surface area contributed by atoms with Crippen LogP contribution in [-0.4, -0.2) is 54.3 Å². The summed E-state index contributed by atoms with van der Waals surface area (Å²) in [6.07, 6.45) is 22.1. The van der Waals surface area contributed by atoms with E-state index in [2.05, 4.69) is 40.0 Å². The molecule has 0 atom stereocenters. The van der Waals surface area contributed by atoms with E-state index in [1.165, 1.54) is 61.2 Å². The molecule has 0 spiro atoms. The molecule has 4 N–H and O–H groups in total. The molecule has 55 heavy (non-hydrogen) atoms. The van der Waals surface area contributed by atoms with Gasteiger partial charge in [-0.05, 0) is 91.9 Å². The van der Waals surface area contributed by atoms with Crippen molar-refractivity contribution < 1.29 is 53.1 Å². The molecule has 0 bridgehead atoms. The molecule has 0 amide bonds. The van der Waals surface area contributed by atoms with Crippen LogP contribution in [0, 0.1) is 0 Å². The summed E-state index contributed by atoms with van der Waals surface area (Å²) in [5, 5.41) is 14.8. The van der Waals surface area contributed by atoms with E-state index >= 15 is 0 Å². The number of sulfonamides is 2. The zero-order valence-electron chi connectivity index (χ0n) is 28.6. The fourth-order valence-electron chi connectivity index (χ4n) is 4.04. The maximum atomic E-state index is 12.3. The van der Waals surface area contributed by atoms with Gasteiger partial charge < -0.3 is 20.5 Å². The first-order valence-electron chi connectivity index (χ1n) is 15.5. The van der Waals surface area contributed by atoms with E-state index in [9.17, 15) is 26.4 Å². The largest absolute Gasteiger partial charge is 2.00 e. The average molecular weight is 827 g/mol. The van der Waals surface area contributed by atoms with Gasteiger partial charge in [-0.15, -0.1) is 0 Å². The fraction of sp³-hybridized carbons (Fsp3) is 0.0278. The van der Waals surface area contributed by atoms with Crippen LogP contribution in [0.5, 0.6) is 0 Å². The van der Waals surface area contributed by atoms with Gasteiger partial charge in [0.15, 0.2) is 11.6 Å². The monoisotopic (exact) mass is 826 g/mol. The molecule has 0 aliphatic heterocycles. The minimum absolute atomic E-state index is 0. The summed E-state index contributed by atoms with van der Waals surface area (Å²) >= 11 is 0. The first-order valence-corrected chi connectivity index (χ1v) is 18.5. The second kappa shape index (κ2) is 20.6. The molecule has 2 aliphatic carbocycles. The molecular weight excluding hydrogens is 796 g/mol. The summed E-state index contributed by atoms with van der Waals surface area (Å²) in [6, 6.07) is 15.4. The molecule has 19 heteroatoms. The molecule has 2 heterocycles. The van der Waals surface area contributed by atoms with Crippen molar-refractivity contribution in [2.75, 3.05) is 20.1 Å². The Morgan fingerprint density at radius 2 is 0.891 bits per heavy atom. The molecule has 283 valence electrons. The van der Waals surface area contributed by atoms with Gasteiger partial charge in [-0.1, -0.05) is 24.3 Å². The van der Waals surface area contributed by atoms with Gasteiger partial charge in [0.1, 0.15) is 0 Å². The Morgan fingerprint density at radius 3 is 1.20 bits per heavy atom. The van der Waals surface area contributed by atoms with Crippen molar-refractivity contribution in [1.82, 2.24) is 19.9 Å². The number of hydrogen-bond acceptors (Lipinski definition) is 14. The van der Waals surface area contributed by atoms with Gasteiger partial charge in [0, 0.05) is 65.7 Å². The molecule has 4 aromatic rings. The number of aliphatic carboxylic acids is 1. The van der Waals surface area contributed by atoms with Crippen LogP contribution in [0.1, 0.15) is 6.92 Å². The third-order valence-electron chi connectivity index (χ3n) is 6.54. The van der Waals surface area contributed by atoms with Crippen molar-refractivity contribution >= 4 is 60.9 Å². The fourth-order valence-corrected chi connectivity index (χ4v) is 5.96. The minimum Gasteiger partial charge on any atom is -0.550 e. The Kier molecular flexibility index (Phi) is 16.1. The number of aromatic nitrogens is 4. The van der Waals surface area contributed by atoms with Crippen molar-refractivity contribution in [1.29, 1.82) is 0 Å². The Labute approximate surface area is 327 Å². The number of anilines is 4. The topological polar surface area (TPSA) is 242 Å². The average Bonchev–Trinajstić information content (AvgIpc) is 3.15. The maximum absolute atomic E-state index is 12.3. The number of nitrogens with one attached hydrogen (secondary N) is 4.